The lowest BCUT2D eigenvalue weighted by atomic mass is 10.1. The van der Waals surface area contributed by atoms with Crippen molar-refractivity contribution >= 4 is 5.91 Å². The summed E-state index contributed by atoms with van der Waals surface area (Å²) in [6.07, 6.45) is 2.10. The Hall–Kier alpha value is -1.95. The molecule has 0 bridgehead atoms. The number of nitrogens with two attached hydrogens (primary N) is 1. The maximum absolute atomic E-state index is 11.1. The Bertz CT molecular complexity index is 438. The van der Waals surface area contributed by atoms with Crippen LogP contribution in [0.15, 0.2) is 12.1 Å². The van der Waals surface area contributed by atoms with Gasteiger partial charge in [-0.05, 0) is 12.8 Å². The van der Waals surface area contributed by atoms with E-state index in [0.29, 0.717) is 36.8 Å². The molecular formula is C15H24N2O4. The molecule has 1 rings (SSSR count). The van der Waals surface area contributed by atoms with E-state index in [9.17, 15) is 4.79 Å². The first-order chi connectivity index (χ1) is 10.2. The van der Waals surface area contributed by atoms with E-state index < -0.39 is 0 Å². The number of benzene rings is 1. The van der Waals surface area contributed by atoms with Gasteiger partial charge in [0.15, 0.2) is 0 Å². The van der Waals surface area contributed by atoms with Crippen molar-refractivity contribution in [3.8, 4) is 17.2 Å². The molecule has 0 aliphatic heterocycles. The van der Waals surface area contributed by atoms with Crippen LogP contribution in [0.25, 0.3) is 0 Å². The van der Waals surface area contributed by atoms with E-state index in [-0.39, 0.29) is 5.91 Å². The third-order valence-corrected chi connectivity index (χ3v) is 3.13. The van der Waals surface area contributed by atoms with Crippen LogP contribution in [-0.2, 0) is 11.3 Å². The Labute approximate surface area is 125 Å². The van der Waals surface area contributed by atoms with Gasteiger partial charge < -0.3 is 25.3 Å². The predicted octanol–water partition coefficient (Wildman–Crippen LogP) is 1.46. The van der Waals surface area contributed by atoms with Crippen LogP contribution in [0.5, 0.6) is 17.2 Å². The lowest BCUT2D eigenvalue weighted by Crippen LogP contribution is -2.17. The maximum Gasteiger partial charge on any atom is 0.219 e. The van der Waals surface area contributed by atoms with Gasteiger partial charge in [-0.25, -0.2) is 0 Å². The van der Waals surface area contributed by atoms with Crippen molar-refractivity contribution in [1.82, 2.24) is 5.32 Å². The normalized spacial score (nSPS) is 10.1. The first-order valence-electron chi connectivity index (χ1n) is 6.94. The summed E-state index contributed by atoms with van der Waals surface area (Å²) in [5, 5.41) is 2.59. The highest BCUT2D eigenvalue weighted by Gasteiger charge is 2.11. The Morgan fingerprint density at radius 1 is 1.19 bits per heavy atom. The number of methoxy groups -OCH3 is 2. The zero-order chi connectivity index (χ0) is 15.7. The monoisotopic (exact) mass is 296 g/mol. The molecule has 0 spiro atoms. The average Bonchev–Trinajstić information content (AvgIpc) is 2.52. The molecule has 21 heavy (non-hydrogen) atoms. The van der Waals surface area contributed by atoms with Gasteiger partial charge in [-0.3, -0.25) is 4.79 Å². The van der Waals surface area contributed by atoms with Crippen LogP contribution < -0.4 is 25.3 Å². The smallest absolute Gasteiger partial charge is 0.219 e. The van der Waals surface area contributed by atoms with Crippen molar-refractivity contribution in [3.05, 3.63) is 17.7 Å². The number of amides is 1. The largest absolute Gasteiger partial charge is 0.496 e. The first-order valence-corrected chi connectivity index (χ1v) is 6.94. The molecule has 0 atom stereocenters. The highest BCUT2D eigenvalue weighted by atomic mass is 16.5. The number of rotatable bonds is 9. The van der Waals surface area contributed by atoms with Crippen molar-refractivity contribution in [3.63, 3.8) is 0 Å². The number of hydrogen-bond donors (Lipinski definition) is 2. The molecule has 1 amide bonds. The number of nitrogens with one attached hydrogen (secondary N) is 1. The molecule has 118 valence electrons. The van der Waals surface area contributed by atoms with E-state index in [0.717, 1.165) is 18.4 Å². The van der Waals surface area contributed by atoms with Crippen LogP contribution in [-0.4, -0.2) is 33.8 Å². The molecule has 3 N–H and O–H groups in total. The average molecular weight is 296 g/mol. The summed E-state index contributed by atoms with van der Waals surface area (Å²) in [5.74, 6) is 2.01. The Morgan fingerprint density at radius 3 is 2.29 bits per heavy atom. The fraction of sp³-hybridized carbons (Fsp3) is 0.533. The molecule has 1 aromatic rings. The van der Waals surface area contributed by atoms with Gasteiger partial charge in [-0.2, -0.15) is 0 Å². The van der Waals surface area contributed by atoms with Crippen LogP contribution in [0.4, 0.5) is 0 Å². The van der Waals surface area contributed by atoms with Crippen molar-refractivity contribution in [1.29, 1.82) is 0 Å². The zero-order valence-corrected chi connectivity index (χ0v) is 12.9. The Kier molecular flexibility index (Phi) is 7.39. The number of ether oxygens (including phenoxy) is 3. The van der Waals surface area contributed by atoms with Gasteiger partial charge >= 0.3 is 0 Å². The van der Waals surface area contributed by atoms with E-state index >= 15 is 0 Å². The van der Waals surface area contributed by atoms with E-state index in [1.165, 1.54) is 0 Å². The topological polar surface area (TPSA) is 82.8 Å². The van der Waals surface area contributed by atoms with Crippen LogP contribution >= 0.6 is 0 Å². The third kappa shape index (κ3) is 5.15. The predicted molar refractivity (Wildman–Crippen MR) is 80.9 cm³/mol. The van der Waals surface area contributed by atoms with E-state index in [4.69, 9.17) is 19.9 Å². The summed E-state index contributed by atoms with van der Waals surface area (Å²) < 4.78 is 16.3. The minimum absolute atomic E-state index is 0.0469. The fourth-order valence-electron chi connectivity index (χ4n) is 1.95. The van der Waals surface area contributed by atoms with Gasteiger partial charge in [0.25, 0.3) is 0 Å². The van der Waals surface area contributed by atoms with E-state index in [1.54, 1.807) is 33.4 Å². The second-order valence-electron chi connectivity index (χ2n) is 4.49. The summed E-state index contributed by atoms with van der Waals surface area (Å²) in [4.78, 5) is 11.1. The van der Waals surface area contributed by atoms with Crippen molar-refractivity contribution in [2.45, 2.75) is 25.8 Å². The third-order valence-electron chi connectivity index (χ3n) is 3.13. The second kappa shape index (κ2) is 9.07. The Balaban J connectivity index is 2.57. The molecule has 1 aromatic carbocycles. The highest BCUT2D eigenvalue weighted by Crippen LogP contribution is 2.33. The van der Waals surface area contributed by atoms with Gasteiger partial charge in [-0.15, -0.1) is 0 Å². The van der Waals surface area contributed by atoms with E-state index in [1.807, 2.05) is 0 Å². The fourth-order valence-corrected chi connectivity index (χ4v) is 1.95. The summed E-state index contributed by atoms with van der Waals surface area (Å²) in [5.41, 5.74) is 6.51. The van der Waals surface area contributed by atoms with Crippen molar-refractivity contribution in [2.24, 2.45) is 5.73 Å². The Morgan fingerprint density at radius 2 is 1.81 bits per heavy atom. The zero-order valence-electron chi connectivity index (χ0n) is 12.9. The summed E-state index contributed by atoms with van der Waals surface area (Å²) >= 11 is 0. The molecule has 6 nitrogen and oxygen atoms in total. The molecule has 6 heteroatoms. The molecule has 0 heterocycles. The van der Waals surface area contributed by atoms with Crippen LogP contribution in [0.1, 0.15) is 24.8 Å². The SMILES string of the molecule is CNC(=O)CCCCOc1cc(OC)c(CN)c(OC)c1. The van der Waals surface area contributed by atoms with Gasteiger partial charge in [0.1, 0.15) is 17.2 Å². The quantitative estimate of drug-likeness (QED) is 0.674. The standard InChI is InChI=1S/C15H24N2O4/c1-17-15(18)6-4-5-7-21-11-8-13(19-2)12(10-16)14(9-11)20-3/h8-9H,4-7,10,16H2,1-3H3,(H,17,18). The van der Waals surface area contributed by atoms with Gasteiger partial charge in [-0.1, -0.05) is 0 Å². The molecular weight excluding hydrogens is 272 g/mol. The lowest BCUT2D eigenvalue weighted by molar-refractivity contribution is -0.120. The summed E-state index contributed by atoms with van der Waals surface area (Å²) in [7, 11) is 4.80. The van der Waals surface area contributed by atoms with Gasteiger partial charge in [0, 0.05) is 37.7 Å². The minimum atomic E-state index is 0.0469. The van der Waals surface area contributed by atoms with E-state index in [2.05, 4.69) is 5.32 Å². The van der Waals surface area contributed by atoms with Gasteiger partial charge in [0.2, 0.25) is 5.91 Å². The van der Waals surface area contributed by atoms with Crippen molar-refractivity contribution < 1.29 is 19.0 Å². The summed E-state index contributed by atoms with van der Waals surface area (Å²) in [6, 6.07) is 3.59. The molecule has 0 radical (unpaired) electrons. The molecule has 0 aliphatic rings. The number of unbranched alkanes of at least 4 members (excludes halogenated alkanes) is 1. The molecule has 0 aromatic heterocycles. The van der Waals surface area contributed by atoms with Crippen LogP contribution in [0.2, 0.25) is 0 Å². The molecule has 0 unspecified atom stereocenters. The lowest BCUT2D eigenvalue weighted by Gasteiger charge is -2.14. The number of hydrogen-bond acceptors (Lipinski definition) is 5. The van der Waals surface area contributed by atoms with Crippen LogP contribution in [0, 0.1) is 0 Å². The maximum atomic E-state index is 11.1. The summed E-state index contributed by atoms with van der Waals surface area (Å²) in [6.45, 7) is 0.865. The van der Waals surface area contributed by atoms with Crippen molar-refractivity contribution in [2.75, 3.05) is 27.9 Å². The molecule has 0 saturated carbocycles. The highest BCUT2D eigenvalue weighted by molar-refractivity contribution is 5.75. The number of carbonyl (C=O) groups excluding carboxylic acids is 1. The van der Waals surface area contributed by atoms with Gasteiger partial charge in [0.05, 0.1) is 20.8 Å². The molecule has 0 fully saturated rings. The minimum Gasteiger partial charge on any atom is -0.496 e. The molecule has 0 saturated heterocycles. The van der Waals surface area contributed by atoms with Crippen LogP contribution in [0.3, 0.4) is 0 Å². The molecule has 0 aliphatic carbocycles. The number of carbonyl (C=O) groups is 1. The second-order valence-corrected chi connectivity index (χ2v) is 4.49. The first kappa shape index (κ1) is 17.1.